The monoisotopic (exact) mass is 278 g/mol. The second-order valence-corrected chi connectivity index (χ2v) is 4.48. The van der Waals surface area contributed by atoms with Crippen LogP contribution in [0.25, 0.3) is 6.08 Å². The van der Waals surface area contributed by atoms with Gasteiger partial charge in [-0.15, -0.1) is 0 Å². The minimum atomic E-state index is -0.214. The van der Waals surface area contributed by atoms with Crippen molar-refractivity contribution in [2.75, 3.05) is 0 Å². The summed E-state index contributed by atoms with van der Waals surface area (Å²) < 4.78 is 0. The number of hydrogen-bond acceptors (Lipinski definition) is 2. The molecular formula is C14H8Cl2O2. The molecule has 1 aromatic carbocycles. The van der Waals surface area contributed by atoms with Crippen LogP contribution < -0.4 is 0 Å². The minimum absolute atomic E-state index is 0.209. The van der Waals surface area contributed by atoms with E-state index in [2.05, 4.69) is 0 Å². The Morgan fingerprint density at radius 2 is 1.61 bits per heavy atom. The molecule has 0 unspecified atom stereocenters. The average Bonchev–Trinajstić information content (AvgIpc) is 2.33. The third-order valence-electron chi connectivity index (χ3n) is 2.41. The predicted octanol–water partition coefficient (Wildman–Crippen LogP) is 3.64. The van der Waals surface area contributed by atoms with Gasteiger partial charge >= 0.3 is 0 Å². The number of carbonyl (C=O) groups excluding carboxylic acids is 2. The Balaban J connectivity index is 2.32. The SMILES string of the molecule is O=C1C=CC(=O)C(/C=C/c2c(Cl)cccc2Cl)=C1. The molecule has 0 radical (unpaired) electrons. The van der Waals surface area contributed by atoms with Gasteiger partial charge in [0.2, 0.25) is 0 Å². The second kappa shape index (κ2) is 5.34. The zero-order valence-electron chi connectivity index (χ0n) is 9.19. The molecule has 4 heteroatoms. The minimum Gasteiger partial charge on any atom is -0.290 e. The van der Waals surface area contributed by atoms with Gasteiger partial charge in [-0.25, -0.2) is 0 Å². The van der Waals surface area contributed by atoms with Gasteiger partial charge in [-0.2, -0.15) is 0 Å². The van der Waals surface area contributed by atoms with Crippen LogP contribution in [0.15, 0.2) is 48.1 Å². The molecule has 1 aliphatic carbocycles. The molecule has 0 amide bonds. The fourth-order valence-electron chi connectivity index (χ4n) is 1.50. The quantitative estimate of drug-likeness (QED) is 0.774. The summed E-state index contributed by atoms with van der Waals surface area (Å²) in [6.45, 7) is 0. The molecule has 0 saturated heterocycles. The highest BCUT2D eigenvalue weighted by molar-refractivity contribution is 6.37. The molecule has 0 N–H and O–H groups in total. The average molecular weight is 279 g/mol. The number of hydrogen-bond donors (Lipinski definition) is 0. The number of halogens is 2. The van der Waals surface area contributed by atoms with Gasteiger partial charge in [0.25, 0.3) is 0 Å². The van der Waals surface area contributed by atoms with Crippen LogP contribution in [-0.2, 0) is 9.59 Å². The third-order valence-corrected chi connectivity index (χ3v) is 3.07. The van der Waals surface area contributed by atoms with Crippen molar-refractivity contribution in [1.29, 1.82) is 0 Å². The Labute approximate surface area is 114 Å². The maximum Gasteiger partial charge on any atom is 0.186 e. The molecule has 18 heavy (non-hydrogen) atoms. The Morgan fingerprint density at radius 3 is 2.28 bits per heavy atom. The van der Waals surface area contributed by atoms with Crippen LogP contribution >= 0.6 is 23.2 Å². The molecule has 0 spiro atoms. The summed E-state index contributed by atoms with van der Waals surface area (Å²) in [5.74, 6) is -0.423. The van der Waals surface area contributed by atoms with Gasteiger partial charge in [-0.1, -0.05) is 41.4 Å². The van der Waals surface area contributed by atoms with Crippen molar-refractivity contribution in [2.45, 2.75) is 0 Å². The largest absolute Gasteiger partial charge is 0.290 e. The van der Waals surface area contributed by atoms with Crippen molar-refractivity contribution in [3.05, 3.63) is 63.7 Å². The molecule has 1 aromatic rings. The normalized spacial score (nSPS) is 15.3. The van der Waals surface area contributed by atoms with Crippen molar-refractivity contribution in [3.8, 4) is 0 Å². The van der Waals surface area contributed by atoms with E-state index < -0.39 is 0 Å². The van der Waals surface area contributed by atoms with E-state index in [1.165, 1.54) is 24.3 Å². The molecular weight excluding hydrogens is 271 g/mol. The molecule has 0 bridgehead atoms. The van der Waals surface area contributed by atoms with Crippen LogP contribution in [0, 0.1) is 0 Å². The molecule has 0 atom stereocenters. The molecule has 2 rings (SSSR count). The summed E-state index contributed by atoms with van der Waals surface area (Å²) in [6, 6.07) is 5.14. The molecule has 0 aromatic heterocycles. The first kappa shape index (κ1) is 12.8. The summed E-state index contributed by atoms with van der Waals surface area (Å²) >= 11 is 12.0. The van der Waals surface area contributed by atoms with Crippen molar-refractivity contribution in [2.24, 2.45) is 0 Å². The lowest BCUT2D eigenvalue weighted by Gasteiger charge is -2.03. The summed E-state index contributed by atoms with van der Waals surface area (Å²) in [5.41, 5.74) is 0.940. The molecule has 1 aliphatic rings. The molecule has 0 saturated carbocycles. The second-order valence-electron chi connectivity index (χ2n) is 3.67. The highest BCUT2D eigenvalue weighted by atomic mass is 35.5. The summed E-state index contributed by atoms with van der Waals surface area (Å²) in [7, 11) is 0. The van der Waals surface area contributed by atoms with Gasteiger partial charge in [0.1, 0.15) is 0 Å². The highest BCUT2D eigenvalue weighted by Crippen LogP contribution is 2.26. The van der Waals surface area contributed by atoms with Crippen molar-refractivity contribution in [3.63, 3.8) is 0 Å². The van der Waals surface area contributed by atoms with Gasteiger partial charge in [-0.05, 0) is 30.4 Å². The number of allylic oxidation sites excluding steroid dienone is 5. The maximum atomic E-state index is 11.5. The van der Waals surface area contributed by atoms with E-state index in [1.807, 2.05) is 0 Å². The molecule has 90 valence electrons. The zero-order chi connectivity index (χ0) is 13.1. The Bertz CT molecular complexity index is 590. The lowest BCUT2D eigenvalue weighted by atomic mass is 10.0. The highest BCUT2D eigenvalue weighted by Gasteiger charge is 2.10. The number of rotatable bonds is 2. The Morgan fingerprint density at radius 1 is 0.944 bits per heavy atom. The number of ketones is 2. The first-order chi connectivity index (χ1) is 8.58. The standard InChI is InChI=1S/C14H8Cl2O2/c15-12-2-1-3-13(16)11(12)6-4-9-8-10(17)5-7-14(9)18/h1-8H/b6-4+. The van der Waals surface area contributed by atoms with Crippen LogP contribution in [-0.4, -0.2) is 11.6 Å². The van der Waals surface area contributed by atoms with Crippen LogP contribution in [0.1, 0.15) is 5.56 Å². The Hall–Kier alpha value is -1.64. The van der Waals surface area contributed by atoms with E-state index in [-0.39, 0.29) is 11.6 Å². The van der Waals surface area contributed by atoms with Crippen molar-refractivity contribution < 1.29 is 9.59 Å². The lowest BCUT2D eigenvalue weighted by molar-refractivity contribution is -0.114. The summed E-state index contributed by atoms with van der Waals surface area (Å²) in [6.07, 6.45) is 6.93. The first-order valence-corrected chi connectivity index (χ1v) is 5.93. The van der Waals surface area contributed by atoms with Crippen LogP contribution in [0.2, 0.25) is 10.0 Å². The van der Waals surface area contributed by atoms with Crippen LogP contribution in [0.4, 0.5) is 0 Å². The predicted molar refractivity (Wildman–Crippen MR) is 72.7 cm³/mol. The van der Waals surface area contributed by atoms with Gasteiger partial charge in [0, 0.05) is 21.2 Å². The number of benzene rings is 1. The summed E-state index contributed by atoms with van der Waals surface area (Å²) in [5, 5.41) is 0.981. The number of carbonyl (C=O) groups is 2. The summed E-state index contributed by atoms with van der Waals surface area (Å²) in [4.78, 5) is 22.7. The molecule has 0 heterocycles. The third kappa shape index (κ3) is 2.78. The van der Waals surface area contributed by atoms with E-state index in [0.29, 0.717) is 21.2 Å². The topological polar surface area (TPSA) is 34.1 Å². The van der Waals surface area contributed by atoms with E-state index in [4.69, 9.17) is 23.2 Å². The molecule has 2 nitrogen and oxygen atoms in total. The zero-order valence-corrected chi connectivity index (χ0v) is 10.7. The fourth-order valence-corrected chi connectivity index (χ4v) is 2.02. The molecule has 0 aliphatic heterocycles. The molecule has 0 fully saturated rings. The van der Waals surface area contributed by atoms with Crippen molar-refractivity contribution in [1.82, 2.24) is 0 Å². The Kier molecular flexibility index (Phi) is 3.80. The van der Waals surface area contributed by atoms with E-state index in [1.54, 1.807) is 24.3 Å². The van der Waals surface area contributed by atoms with Crippen LogP contribution in [0.3, 0.4) is 0 Å². The first-order valence-electron chi connectivity index (χ1n) is 5.18. The fraction of sp³-hybridized carbons (Fsp3) is 0. The smallest absolute Gasteiger partial charge is 0.186 e. The van der Waals surface area contributed by atoms with Gasteiger partial charge < -0.3 is 0 Å². The van der Waals surface area contributed by atoms with E-state index in [0.717, 1.165) is 0 Å². The van der Waals surface area contributed by atoms with Crippen LogP contribution in [0.5, 0.6) is 0 Å². The van der Waals surface area contributed by atoms with E-state index in [9.17, 15) is 9.59 Å². The van der Waals surface area contributed by atoms with Gasteiger partial charge in [0.15, 0.2) is 11.6 Å². The van der Waals surface area contributed by atoms with E-state index >= 15 is 0 Å². The van der Waals surface area contributed by atoms with Gasteiger partial charge in [0.05, 0.1) is 0 Å². The maximum absolute atomic E-state index is 11.5. The van der Waals surface area contributed by atoms with Crippen molar-refractivity contribution >= 4 is 40.8 Å². The van der Waals surface area contributed by atoms with Gasteiger partial charge in [-0.3, -0.25) is 9.59 Å². The lowest BCUT2D eigenvalue weighted by Crippen LogP contribution is -2.05.